The molecule has 0 saturated heterocycles. The van der Waals surface area contributed by atoms with Crippen LogP contribution in [0.1, 0.15) is 11.1 Å². The van der Waals surface area contributed by atoms with E-state index in [0.717, 1.165) is 13.1 Å². The van der Waals surface area contributed by atoms with Crippen LogP contribution in [0.15, 0.2) is 42.7 Å². The van der Waals surface area contributed by atoms with Crippen molar-refractivity contribution in [3.8, 4) is 0 Å². The number of hydrogen-bond acceptors (Lipinski definition) is 2. The van der Waals surface area contributed by atoms with Gasteiger partial charge < -0.3 is 14.8 Å². The van der Waals surface area contributed by atoms with Crippen molar-refractivity contribution >= 4 is 5.69 Å². The van der Waals surface area contributed by atoms with Crippen LogP contribution < -0.4 is 5.32 Å². The van der Waals surface area contributed by atoms with Crippen molar-refractivity contribution in [2.75, 3.05) is 19.4 Å². The summed E-state index contributed by atoms with van der Waals surface area (Å²) < 4.78 is 2.07. The zero-order valence-electron chi connectivity index (χ0n) is 11.4. The highest BCUT2D eigenvalue weighted by Crippen LogP contribution is 2.12. The average Bonchev–Trinajstić information content (AvgIpc) is 2.74. The minimum Gasteiger partial charge on any atom is -0.381 e. The van der Waals surface area contributed by atoms with Crippen LogP contribution in [0.3, 0.4) is 0 Å². The van der Waals surface area contributed by atoms with Crippen molar-refractivity contribution in [2.24, 2.45) is 7.05 Å². The molecule has 0 amide bonds. The Morgan fingerprint density at radius 1 is 1.06 bits per heavy atom. The first kappa shape index (κ1) is 12.7. The van der Waals surface area contributed by atoms with Gasteiger partial charge in [-0.25, -0.2) is 0 Å². The molecule has 0 aliphatic rings. The van der Waals surface area contributed by atoms with Gasteiger partial charge in [0.1, 0.15) is 0 Å². The molecule has 1 N–H and O–H groups in total. The van der Waals surface area contributed by atoms with Crippen molar-refractivity contribution in [1.29, 1.82) is 0 Å². The lowest BCUT2D eigenvalue weighted by molar-refractivity contribution is 0.402. The van der Waals surface area contributed by atoms with Crippen molar-refractivity contribution in [2.45, 2.75) is 13.1 Å². The van der Waals surface area contributed by atoms with Gasteiger partial charge in [0.2, 0.25) is 0 Å². The lowest BCUT2D eigenvalue weighted by Gasteiger charge is -2.10. The third-order valence-electron chi connectivity index (χ3n) is 2.84. The highest BCUT2D eigenvalue weighted by Gasteiger charge is 1.97. The minimum atomic E-state index is 0.869. The van der Waals surface area contributed by atoms with Gasteiger partial charge in [-0.3, -0.25) is 0 Å². The summed E-state index contributed by atoms with van der Waals surface area (Å²) in [4.78, 5) is 2.17. The molecule has 3 nitrogen and oxygen atoms in total. The van der Waals surface area contributed by atoms with Crippen LogP contribution in [0.25, 0.3) is 0 Å². The van der Waals surface area contributed by atoms with Gasteiger partial charge in [-0.15, -0.1) is 0 Å². The third-order valence-corrected chi connectivity index (χ3v) is 2.84. The average molecular weight is 243 g/mol. The van der Waals surface area contributed by atoms with E-state index in [1.54, 1.807) is 0 Å². The molecule has 18 heavy (non-hydrogen) atoms. The zero-order valence-corrected chi connectivity index (χ0v) is 11.4. The number of rotatable bonds is 5. The van der Waals surface area contributed by atoms with Crippen LogP contribution in [0.2, 0.25) is 0 Å². The smallest absolute Gasteiger partial charge is 0.0415 e. The summed E-state index contributed by atoms with van der Waals surface area (Å²) in [5.74, 6) is 0. The number of anilines is 1. The summed E-state index contributed by atoms with van der Waals surface area (Å²) >= 11 is 0. The molecule has 0 saturated carbocycles. The molecule has 96 valence electrons. The van der Waals surface area contributed by atoms with Gasteiger partial charge in [-0.2, -0.15) is 0 Å². The Kier molecular flexibility index (Phi) is 4.05. The molecule has 0 radical (unpaired) electrons. The lowest BCUT2D eigenvalue weighted by atomic mass is 10.2. The molecule has 0 aliphatic heterocycles. The fourth-order valence-corrected chi connectivity index (χ4v) is 1.96. The van der Waals surface area contributed by atoms with Crippen LogP contribution in [-0.2, 0) is 20.1 Å². The maximum absolute atomic E-state index is 3.43. The molecule has 0 unspecified atom stereocenters. The normalized spacial score (nSPS) is 10.9. The second kappa shape index (κ2) is 5.74. The summed E-state index contributed by atoms with van der Waals surface area (Å²) in [6.07, 6.45) is 4.20. The van der Waals surface area contributed by atoms with E-state index in [2.05, 4.69) is 71.6 Å². The van der Waals surface area contributed by atoms with E-state index in [1.165, 1.54) is 16.8 Å². The molecule has 2 rings (SSSR count). The van der Waals surface area contributed by atoms with Gasteiger partial charge in [0.15, 0.2) is 0 Å². The molecule has 3 heteroatoms. The van der Waals surface area contributed by atoms with E-state index in [-0.39, 0.29) is 0 Å². The maximum atomic E-state index is 3.43. The number of benzene rings is 1. The molecule has 0 aliphatic carbocycles. The van der Waals surface area contributed by atoms with Crippen molar-refractivity contribution in [3.63, 3.8) is 0 Å². The van der Waals surface area contributed by atoms with Crippen LogP contribution in [0, 0.1) is 0 Å². The quantitative estimate of drug-likeness (QED) is 0.871. The Bertz CT molecular complexity index is 483. The summed E-state index contributed by atoms with van der Waals surface area (Å²) in [5, 5.41) is 3.43. The summed E-state index contributed by atoms with van der Waals surface area (Å²) in [6, 6.07) is 10.8. The number of aromatic nitrogens is 1. The van der Waals surface area contributed by atoms with Gasteiger partial charge in [0, 0.05) is 38.2 Å². The van der Waals surface area contributed by atoms with Gasteiger partial charge in [-0.1, -0.05) is 12.1 Å². The monoisotopic (exact) mass is 243 g/mol. The predicted octanol–water partition coefficient (Wildman–Crippen LogP) is 2.70. The van der Waals surface area contributed by atoms with Crippen molar-refractivity contribution < 1.29 is 0 Å². The number of nitrogens with one attached hydrogen (secondary N) is 1. The number of aryl methyl sites for hydroxylation is 1. The summed E-state index contributed by atoms with van der Waals surface area (Å²) in [7, 11) is 6.21. The summed E-state index contributed by atoms with van der Waals surface area (Å²) in [5.41, 5.74) is 3.81. The first-order valence-electron chi connectivity index (χ1n) is 6.22. The second-order valence-corrected chi connectivity index (χ2v) is 4.97. The molecule has 0 bridgehead atoms. The van der Waals surface area contributed by atoms with Crippen molar-refractivity contribution in [3.05, 3.63) is 53.9 Å². The molecule has 0 fully saturated rings. The Balaban J connectivity index is 1.90. The van der Waals surface area contributed by atoms with E-state index in [1.807, 2.05) is 7.05 Å². The maximum Gasteiger partial charge on any atom is 0.0415 e. The van der Waals surface area contributed by atoms with E-state index in [9.17, 15) is 0 Å². The Hall–Kier alpha value is -1.74. The summed E-state index contributed by atoms with van der Waals surface area (Å²) in [6.45, 7) is 1.85. The van der Waals surface area contributed by atoms with Gasteiger partial charge in [0.05, 0.1) is 0 Å². The fourth-order valence-electron chi connectivity index (χ4n) is 1.96. The van der Waals surface area contributed by atoms with Crippen LogP contribution in [0.5, 0.6) is 0 Å². The fraction of sp³-hybridized carbons (Fsp3) is 0.333. The Morgan fingerprint density at radius 3 is 2.33 bits per heavy atom. The van der Waals surface area contributed by atoms with E-state index in [0.29, 0.717) is 0 Å². The van der Waals surface area contributed by atoms with E-state index >= 15 is 0 Å². The molecule has 1 aromatic carbocycles. The van der Waals surface area contributed by atoms with Crippen LogP contribution in [0.4, 0.5) is 5.69 Å². The largest absolute Gasteiger partial charge is 0.381 e. The van der Waals surface area contributed by atoms with Crippen molar-refractivity contribution in [1.82, 2.24) is 9.47 Å². The molecular formula is C15H21N3. The first-order valence-corrected chi connectivity index (χ1v) is 6.22. The number of hydrogen-bond donors (Lipinski definition) is 1. The molecule has 0 spiro atoms. The predicted molar refractivity (Wildman–Crippen MR) is 76.6 cm³/mol. The van der Waals surface area contributed by atoms with Crippen LogP contribution >= 0.6 is 0 Å². The standard InChI is InChI=1S/C15H21N3/c1-17(2)11-13-4-6-15(7-5-13)16-10-14-8-9-18(3)12-14/h4-9,12,16H,10-11H2,1-3H3. The molecule has 1 aromatic heterocycles. The Labute approximate surface area is 109 Å². The molecule has 0 atom stereocenters. The Morgan fingerprint density at radius 2 is 1.78 bits per heavy atom. The first-order chi connectivity index (χ1) is 8.63. The second-order valence-electron chi connectivity index (χ2n) is 4.97. The third kappa shape index (κ3) is 3.64. The highest BCUT2D eigenvalue weighted by molar-refractivity contribution is 5.45. The van der Waals surface area contributed by atoms with Gasteiger partial charge in [0.25, 0.3) is 0 Å². The van der Waals surface area contributed by atoms with Gasteiger partial charge >= 0.3 is 0 Å². The van der Waals surface area contributed by atoms with E-state index in [4.69, 9.17) is 0 Å². The minimum absolute atomic E-state index is 0.869. The molecule has 1 heterocycles. The number of nitrogens with zero attached hydrogens (tertiary/aromatic N) is 2. The molecular weight excluding hydrogens is 222 g/mol. The SMILES string of the molecule is CN(C)Cc1ccc(NCc2ccn(C)c2)cc1. The molecule has 2 aromatic rings. The van der Waals surface area contributed by atoms with Gasteiger partial charge in [-0.05, 0) is 43.4 Å². The highest BCUT2D eigenvalue weighted by atomic mass is 15.0. The zero-order chi connectivity index (χ0) is 13.0. The lowest BCUT2D eigenvalue weighted by Crippen LogP contribution is -2.10. The topological polar surface area (TPSA) is 20.2 Å². The van der Waals surface area contributed by atoms with E-state index < -0.39 is 0 Å². The van der Waals surface area contributed by atoms with Crippen LogP contribution in [-0.4, -0.2) is 23.6 Å².